The van der Waals surface area contributed by atoms with Crippen molar-refractivity contribution in [3.63, 3.8) is 0 Å². The molecule has 3 aromatic heterocycles. The number of hydrogen-bond acceptors (Lipinski definition) is 5. The number of rotatable bonds is 4. The summed E-state index contributed by atoms with van der Waals surface area (Å²) in [5.74, 6) is 1.64. The largest absolute Gasteiger partial charge is 0.467 e. The van der Waals surface area contributed by atoms with Gasteiger partial charge in [0.2, 0.25) is 0 Å². The van der Waals surface area contributed by atoms with Gasteiger partial charge in [-0.3, -0.25) is 0 Å². The molecule has 6 nitrogen and oxygen atoms in total. The monoisotopic (exact) mass is 279 g/mol. The first-order chi connectivity index (χ1) is 8.88. The van der Waals surface area contributed by atoms with Crippen molar-refractivity contribution in [2.24, 2.45) is 0 Å². The van der Waals surface area contributed by atoms with Crippen molar-refractivity contribution in [2.45, 2.75) is 13.5 Å². The van der Waals surface area contributed by atoms with Gasteiger partial charge in [0, 0.05) is 6.54 Å². The van der Waals surface area contributed by atoms with Crippen LogP contribution in [0.1, 0.15) is 12.7 Å². The lowest BCUT2D eigenvalue weighted by molar-refractivity contribution is 0.495. The second kappa shape index (κ2) is 5.71. The van der Waals surface area contributed by atoms with Gasteiger partial charge in [-0.2, -0.15) is 0 Å². The van der Waals surface area contributed by atoms with Gasteiger partial charge in [0.25, 0.3) is 0 Å². The molecule has 0 aliphatic carbocycles. The lowest BCUT2D eigenvalue weighted by atomic mass is 10.4. The maximum absolute atomic E-state index is 5.33. The van der Waals surface area contributed by atoms with E-state index in [1.54, 1.807) is 18.9 Å². The zero-order valence-electron chi connectivity index (χ0n) is 10.4. The molecule has 19 heavy (non-hydrogen) atoms. The Hall–Kier alpha value is -2.08. The van der Waals surface area contributed by atoms with E-state index in [0.717, 1.165) is 29.3 Å². The molecule has 3 rings (SSSR count). The fraction of sp³-hybridized carbons (Fsp3) is 0.250. The van der Waals surface area contributed by atoms with E-state index in [2.05, 4.69) is 20.3 Å². The van der Waals surface area contributed by atoms with Crippen LogP contribution in [-0.2, 0) is 6.54 Å². The fourth-order valence-electron chi connectivity index (χ4n) is 1.86. The molecule has 0 amide bonds. The molecule has 0 fully saturated rings. The summed E-state index contributed by atoms with van der Waals surface area (Å²) in [6.45, 7) is 3.44. The zero-order chi connectivity index (χ0) is 12.4. The molecular weight excluding hydrogens is 266 g/mol. The Morgan fingerprint density at radius 2 is 2.21 bits per heavy atom. The standard InChI is InChI=1S/C12H13N5O.ClH/c1-2-13-11-10-12(15-7-14-11)17(8-16-10)6-9-4-3-5-18-9;/h3-5,7-8H,2,6H2,1H3,(H,13,14,15);1H. The Morgan fingerprint density at radius 3 is 2.95 bits per heavy atom. The van der Waals surface area contributed by atoms with Crippen molar-refractivity contribution in [1.29, 1.82) is 0 Å². The van der Waals surface area contributed by atoms with Gasteiger partial charge in [-0.15, -0.1) is 12.4 Å². The molecule has 0 atom stereocenters. The SMILES string of the molecule is CCNc1ncnc2c1ncn2Cc1ccco1.Cl. The van der Waals surface area contributed by atoms with Crippen LogP contribution in [0.4, 0.5) is 5.82 Å². The maximum Gasteiger partial charge on any atom is 0.165 e. The molecule has 0 aliphatic rings. The van der Waals surface area contributed by atoms with E-state index in [-0.39, 0.29) is 12.4 Å². The Morgan fingerprint density at radius 1 is 1.32 bits per heavy atom. The molecule has 100 valence electrons. The lowest BCUT2D eigenvalue weighted by Crippen LogP contribution is -2.02. The molecule has 3 aromatic rings. The molecular formula is C12H14ClN5O. The highest BCUT2D eigenvalue weighted by Gasteiger charge is 2.10. The minimum Gasteiger partial charge on any atom is -0.467 e. The molecule has 0 radical (unpaired) electrons. The van der Waals surface area contributed by atoms with Gasteiger partial charge < -0.3 is 14.3 Å². The third kappa shape index (κ3) is 2.53. The smallest absolute Gasteiger partial charge is 0.165 e. The maximum atomic E-state index is 5.33. The number of hydrogen-bond donors (Lipinski definition) is 1. The van der Waals surface area contributed by atoms with Crippen LogP contribution in [0, 0.1) is 0 Å². The number of anilines is 1. The normalized spacial score (nSPS) is 10.4. The van der Waals surface area contributed by atoms with E-state index >= 15 is 0 Å². The van der Waals surface area contributed by atoms with E-state index in [9.17, 15) is 0 Å². The quantitative estimate of drug-likeness (QED) is 0.794. The zero-order valence-corrected chi connectivity index (χ0v) is 11.2. The molecule has 1 N–H and O–H groups in total. The number of nitrogens with one attached hydrogen (secondary N) is 1. The molecule has 7 heteroatoms. The van der Waals surface area contributed by atoms with Crippen LogP contribution >= 0.6 is 12.4 Å². The fourth-order valence-corrected chi connectivity index (χ4v) is 1.86. The number of nitrogens with zero attached hydrogens (tertiary/aromatic N) is 4. The molecule has 0 unspecified atom stereocenters. The van der Waals surface area contributed by atoms with Gasteiger partial charge in [0.1, 0.15) is 17.6 Å². The van der Waals surface area contributed by atoms with E-state index in [1.165, 1.54) is 0 Å². The van der Waals surface area contributed by atoms with E-state index in [4.69, 9.17) is 4.42 Å². The highest BCUT2D eigenvalue weighted by molar-refractivity contribution is 5.85. The highest BCUT2D eigenvalue weighted by atomic mass is 35.5. The predicted molar refractivity (Wildman–Crippen MR) is 74.5 cm³/mol. The van der Waals surface area contributed by atoms with Gasteiger partial charge in [0.05, 0.1) is 19.1 Å². The Labute approximate surface area is 116 Å². The third-order valence-corrected chi connectivity index (χ3v) is 2.65. The Kier molecular flexibility index (Phi) is 4.01. The number of fused-ring (bicyclic) bond motifs is 1. The lowest BCUT2D eigenvalue weighted by Gasteiger charge is -2.03. The van der Waals surface area contributed by atoms with Gasteiger partial charge >= 0.3 is 0 Å². The average Bonchev–Trinajstić information content (AvgIpc) is 3.01. The number of aromatic nitrogens is 4. The molecule has 0 bridgehead atoms. The minimum atomic E-state index is 0. The second-order valence-electron chi connectivity index (χ2n) is 3.88. The average molecular weight is 280 g/mol. The van der Waals surface area contributed by atoms with Crippen molar-refractivity contribution in [3.05, 3.63) is 36.8 Å². The summed E-state index contributed by atoms with van der Waals surface area (Å²) in [4.78, 5) is 12.8. The minimum absolute atomic E-state index is 0. The number of halogens is 1. The van der Waals surface area contributed by atoms with Crippen molar-refractivity contribution < 1.29 is 4.42 Å². The van der Waals surface area contributed by atoms with Gasteiger partial charge in [-0.05, 0) is 19.1 Å². The summed E-state index contributed by atoms with van der Waals surface area (Å²) in [7, 11) is 0. The Balaban J connectivity index is 0.00000133. The van der Waals surface area contributed by atoms with Crippen LogP contribution in [0.5, 0.6) is 0 Å². The summed E-state index contributed by atoms with van der Waals surface area (Å²) in [6, 6.07) is 3.80. The first-order valence-corrected chi connectivity index (χ1v) is 5.80. The van der Waals surface area contributed by atoms with Gasteiger partial charge in [0.15, 0.2) is 11.5 Å². The molecule has 3 heterocycles. The van der Waals surface area contributed by atoms with Crippen molar-refractivity contribution >= 4 is 29.4 Å². The van der Waals surface area contributed by atoms with Crippen LogP contribution in [0.15, 0.2) is 35.5 Å². The molecule has 0 saturated carbocycles. The van der Waals surface area contributed by atoms with Crippen LogP contribution in [0.25, 0.3) is 11.2 Å². The predicted octanol–water partition coefficient (Wildman–Crippen LogP) is 2.32. The van der Waals surface area contributed by atoms with Gasteiger partial charge in [-0.25, -0.2) is 15.0 Å². The van der Waals surface area contributed by atoms with Crippen LogP contribution in [0.2, 0.25) is 0 Å². The molecule has 0 aromatic carbocycles. The number of imidazole rings is 1. The summed E-state index contributed by atoms with van der Waals surface area (Å²) in [5.41, 5.74) is 1.59. The third-order valence-electron chi connectivity index (χ3n) is 2.65. The summed E-state index contributed by atoms with van der Waals surface area (Å²) in [6.07, 6.45) is 4.96. The summed E-state index contributed by atoms with van der Waals surface area (Å²) < 4.78 is 7.27. The summed E-state index contributed by atoms with van der Waals surface area (Å²) >= 11 is 0. The van der Waals surface area contributed by atoms with Crippen molar-refractivity contribution in [2.75, 3.05) is 11.9 Å². The van der Waals surface area contributed by atoms with E-state index in [0.29, 0.717) is 6.54 Å². The van der Waals surface area contributed by atoms with Crippen molar-refractivity contribution in [1.82, 2.24) is 19.5 Å². The molecule has 0 saturated heterocycles. The van der Waals surface area contributed by atoms with E-state index < -0.39 is 0 Å². The highest BCUT2D eigenvalue weighted by Crippen LogP contribution is 2.18. The topological polar surface area (TPSA) is 68.8 Å². The Bertz CT molecular complexity index is 649. The van der Waals surface area contributed by atoms with Gasteiger partial charge in [-0.1, -0.05) is 0 Å². The first kappa shape index (κ1) is 13.4. The molecule has 0 aliphatic heterocycles. The van der Waals surface area contributed by atoms with Crippen molar-refractivity contribution in [3.8, 4) is 0 Å². The second-order valence-corrected chi connectivity index (χ2v) is 3.88. The molecule has 0 spiro atoms. The van der Waals surface area contributed by atoms with Crippen LogP contribution in [0.3, 0.4) is 0 Å². The summed E-state index contributed by atoms with van der Waals surface area (Å²) in [5, 5.41) is 3.17. The van der Waals surface area contributed by atoms with Crippen LogP contribution in [-0.4, -0.2) is 26.1 Å². The first-order valence-electron chi connectivity index (χ1n) is 5.80. The number of furan rings is 1. The van der Waals surface area contributed by atoms with Crippen LogP contribution < -0.4 is 5.32 Å². The van der Waals surface area contributed by atoms with E-state index in [1.807, 2.05) is 23.6 Å².